The molecular weight excluding hydrogens is 662 g/mol. The largest absolute Gasteiger partial charge is 0.508 e. The van der Waals surface area contributed by atoms with Crippen molar-refractivity contribution < 1.29 is 43.2 Å². The maximum absolute atomic E-state index is 13.6. The van der Waals surface area contributed by atoms with Crippen LogP contribution in [0.25, 0.3) is 0 Å². The van der Waals surface area contributed by atoms with E-state index in [9.17, 15) is 39.4 Å². The van der Waals surface area contributed by atoms with Crippen molar-refractivity contribution in [1.82, 2.24) is 14.7 Å². The first-order valence-electron chi connectivity index (χ1n) is 15.4. The van der Waals surface area contributed by atoms with Crippen molar-refractivity contribution in [3.8, 4) is 0 Å². The lowest BCUT2D eigenvalue weighted by Crippen LogP contribution is -2.62. The summed E-state index contributed by atoms with van der Waals surface area (Å²) in [7, 11) is 5.25. The number of non-ortho nitro benzene ring substituents is 2. The fraction of sp³-hybridized carbons (Fsp3) is 0.438. The minimum atomic E-state index is -1.02. The normalized spacial score (nSPS) is 22.2. The number of nitro groups is 2. The summed E-state index contributed by atoms with van der Waals surface area (Å²) in [4.78, 5) is 78.6. The second-order valence-electron chi connectivity index (χ2n) is 12.2. The van der Waals surface area contributed by atoms with Crippen molar-refractivity contribution in [1.29, 1.82) is 0 Å². The predicted octanol–water partition coefficient (Wildman–Crippen LogP) is 3.62. The number of likely N-dealkylation sites (tertiary alicyclic amines) is 1. The van der Waals surface area contributed by atoms with Crippen molar-refractivity contribution in [3.05, 3.63) is 90.5 Å². The van der Waals surface area contributed by atoms with Crippen LogP contribution in [0.1, 0.15) is 30.9 Å². The third-order valence-electron chi connectivity index (χ3n) is 8.72. The van der Waals surface area contributed by atoms with E-state index in [4.69, 9.17) is 14.2 Å². The SMILES string of the molecule is CC(OC(=O)OCc1ccc([N+](=O)[O-])cc1)[C@H]1C(=O)N2C(C(=O)OCc3ccc([N+](=O)[O-])cc3)=C(S[C@H]3C[C@@H](C(=O)N(C)C)N(C)C3)C[C@H]12. The number of thioether (sulfide) groups is 1. The summed E-state index contributed by atoms with van der Waals surface area (Å²) in [5.74, 6) is -1.96. The number of ether oxygens (including phenoxy) is 3. The molecule has 2 saturated heterocycles. The van der Waals surface area contributed by atoms with Gasteiger partial charge in [-0.3, -0.25) is 34.7 Å². The van der Waals surface area contributed by atoms with E-state index in [2.05, 4.69) is 0 Å². The molecule has 2 fully saturated rings. The van der Waals surface area contributed by atoms with E-state index in [0.717, 1.165) is 0 Å². The molecule has 2 aromatic carbocycles. The Morgan fingerprint density at radius 2 is 1.51 bits per heavy atom. The number of β-lactam (4-membered cyclic amide) rings is 1. The number of carbonyl (C=O) groups excluding carboxylic acids is 4. The monoisotopic (exact) mass is 697 g/mol. The van der Waals surface area contributed by atoms with E-state index in [-0.39, 0.29) is 47.5 Å². The molecule has 260 valence electrons. The van der Waals surface area contributed by atoms with Crippen LogP contribution in [0, 0.1) is 26.1 Å². The zero-order chi connectivity index (χ0) is 35.6. The van der Waals surface area contributed by atoms with Crippen LogP contribution >= 0.6 is 11.8 Å². The number of hydrogen-bond donors (Lipinski definition) is 0. The molecule has 0 bridgehead atoms. The molecule has 0 saturated carbocycles. The van der Waals surface area contributed by atoms with E-state index >= 15 is 0 Å². The van der Waals surface area contributed by atoms with Gasteiger partial charge in [0.15, 0.2) is 0 Å². The van der Waals surface area contributed by atoms with Crippen LogP contribution in [0.4, 0.5) is 16.2 Å². The van der Waals surface area contributed by atoms with Crippen LogP contribution in [-0.4, -0.2) is 99.6 Å². The van der Waals surface area contributed by atoms with Crippen LogP contribution in [0.5, 0.6) is 0 Å². The lowest BCUT2D eigenvalue weighted by atomic mass is 9.83. The van der Waals surface area contributed by atoms with E-state index in [0.29, 0.717) is 35.4 Å². The summed E-state index contributed by atoms with van der Waals surface area (Å²) in [6, 6.07) is 10.2. The van der Waals surface area contributed by atoms with E-state index in [1.165, 1.54) is 70.1 Å². The second kappa shape index (κ2) is 14.6. The summed E-state index contributed by atoms with van der Waals surface area (Å²) in [5, 5.41) is 21.8. The van der Waals surface area contributed by atoms with Crippen molar-refractivity contribution in [2.75, 3.05) is 27.7 Å². The zero-order valence-corrected chi connectivity index (χ0v) is 28.0. The average Bonchev–Trinajstić information content (AvgIpc) is 3.59. The highest BCUT2D eigenvalue weighted by Gasteiger charge is 2.58. The van der Waals surface area contributed by atoms with Gasteiger partial charge in [-0.15, -0.1) is 11.8 Å². The Bertz CT molecular complexity index is 1680. The van der Waals surface area contributed by atoms with Crippen molar-refractivity contribution in [2.45, 2.75) is 56.4 Å². The third kappa shape index (κ3) is 7.67. The zero-order valence-electron chi connectivity index (χ0n) is 27.2. The molecule has 0 N–H and O–H groups in total. The van der Waals surface area contributed by atoms with Crippen molar-refractivity contribution >= 4 is 47.1 Å². The Kier molecular flexibility index (Phi) is 10.5. The fourth-order valence-electron chi connectivity index (χ4n) is 6.18. The molecule has 1 unspecified atom stereocenters. The van der Waals surface area contributed by atoms with E-state index < -0.39 is 45.9 Å². The second-order valence-corrected chi connectivity index (χ2v) is 13.6. The number of benzene rings is 2. The fourth-order valence-corrected chi connectivity index (χ4v) is 7.74. The highest BCUT2D eigenvalue weighted by molar-refractivity contribution is 8.03. The smallest absolute Gasteiger partial charge is 0.456 e. The van der Waals surface area contributed by atoms with Crippen molar-refractivity contribution in [2.24, 2.45) is 5.92 Å². The average molecular weight is 698 g/mol. The van der Waals surface area contributed by atoms with Gasteiger partial charge in [0, 0.05) is 61.5 Å². The summed E-state index contributed by atoms with van der Waals surface area (Å²) in [6.45, 7) is 1.76. The van der Waals surface area contributed by atoms with Crippen LogP contribution in [0.15, 0.2) is 59.1 Å². The first kappa shape index (κ1) is 35.3. The lowest BCUT2D eigenvalue weighted by molar-refractivity contribution is -0.385. The number of nitro benzene ring substituents is 2. The number of hydrogen-bond acceptors (Lipinski definition) is 13. The Balaban J connectivity index is 1.26. The van der Waals surface area contributed by atoms with Gasteiger partial charge in [-0.1, -0.05) is 0 Å². The molecule has 3 aliphatic rings. The molecule has 16 nitrogen and oxygen atoms in total. The molecule has 5 atom stereocenters. The van der Waals surface area contributed by atoms with Gasteiger partial charge in [-0.25, -0.2) is 9.59 Å². The van der Waals surface area contributed by atoms with Gasteiger partial charge in [-0.2, -0.15) is 0 Å². The van der Waals surface area contributed by atoms with E-state index in [1.807, 2.05) is 11.9 Å². The number of nitrogens with zero attached hydrogens (tertiary/aromatic N) is 5. The predicted molar refractivity (Wildman–Crippen MR) is 174 cm³/mol. The Hall–Kier alpha value is -5.03. The number of amides is 2. The minimum Gasteiger partial charge on any atom is -0.456 e. The standard InChI is InChI=1S/C32H35N5O11S/c1-18(48-32(41)47-17-20-7-11-22(12-8-20)37(44)45)27-24-14-26(49-23-13-25(34(4)15-23)29(38)33(2)3)28(35(24)30(27)39)31(40)46-16-19-5-9-21(10-6-19)36(42)43/h5-12,18,23-25,27H,13-17H2,1-4H3/t18?,23-,24+,25-,27+/m0/s1. The van der Waals surface area contributed by atoms with Gasteiger partial charge in [-0.05, 0) is 55.8 Å². The summed E-state index contributed by atoms with van der Waals surface area (Å²) < 4.78 is 16.2. The molecule has 3 heterocycles. The van der Waals surface area contributed by atoms with Gasteiger partial charge < -0.3 is 24.0 Å². The lowest BCUT2D eigenvalue weighted by Gasteiger charge is -2.45. The molecule has 5 rings (SSSR count). The van der Waals surface area contributed by atoms with Gasteiger partial charge in [0.05, 0.1) is 27.8 Å². The van der Waals surface area contributed by atoms with E-state index in [1.54, 1.807) is 21.0 Å². The van der Waals surface area contributed by atoms with Crippen LogP contribution in [0.3, 0.4) is 0 Å². The molecule has 2 aromatic rings. The highest BCUT2D eigenvalue weighted by Crippen LogP contribution is 2.50. The molecule has 0 aromatic heterocycles. The molecule has 3 aliphatic heterocycles. The molecule has 0 aliphatic carbocycles. The number of fused-ring (bicyclic) bond motifs is 1. The molecule has 2 amide bonds. The van der Waals surface area contributed by atoms with Gasteiger partial charge in [0.25, 0.3) is 11.4 Å². The molecule has 17 heteroatoms. The number of likely N-dealkylation sites (N-methyl/N-ethyl adjacent to an activating group) is 2. The number of rotatable bonds is 12. The highest BCUT2D eigenvalue weighted by atomic mass is 32.2. The molecular formula is C32H35N5O11S. The van der Waals surface area contributed by atoms with Crippen molar-refractivity contribution in [3.63, 3.8) is 0 Å². The Labute approximate surface area is 285 Å². The topological polar surface area (TPSA) is 192 Å². The van der Waals surface area contributed by atoms with Crippen LogP contribution < -0.4 is 0 Å². The molecule has 0 spiro atoms. The molecule has 49 heavy (non-hydrogen) atoms. The minimum absolute atomic E-state index is 0.0285. The summed E-state index contributed by atoms with van der Waals surface area (Å²) in [5.41, 5.74) is 0.911. The summed E-state index contributed by atoms with van der Waals surface area (Å²) in [6.07, 6.45) is -1.08. The quantitative estimate of drug-likeness (QED) is 0.135. The maximum atomic E-state index is 13.6. The Morgan fingerprint density at radius 3 is 2.04 bits per heavy atom. The van der Waals surface area contributed by atoms with Gasteiger partial charge >= 0.3 is 12.1 Å². The third-order valence-corrected chi connectivity index (χ3v) is 10.0. The number of esters is 1. The molecule has 0 radical (unpaired) electrons. The maximum Gasteiger partial charge on any atom is 0.508 e. The van der Waals surface area contributed by atoms with Gasteiger partial charge in [0.2, 0.25) is 11.8 Å². The number of carbonyl (C=O) groups is 4. The summed E-state index contributed by atoms with van der Waals surface area (Å²) >= 11 is 1.42. The Morgan fingerprint density at radius 1 is 0.959 bits per heavy atom. The van der Waals surface area contributed by atoms with Crippen LogP contribution in [0.2, 0.25) is 0 Å². The first-order chi connectivity index (χ1) is 23.2. The van der Waals surface area contributed by atoms with Gasteiger partial charge in [0.1, 0.15) is 25.0 Å². The first-order valence-corrected chi connectivity index (χ1v) is 16.2. The van der Waals surface area contributed by atoms with Crippen LogP contribution in [-0.2, 0) is 41.8 Å².